The first-order valence-electron chi connectivity index (χ1n) is 6.26. The van der Waals surface area contributed by atoms with Gasteiger partial charge in [-0.25, -0.2) is 4.68 Å². The number of nitrogens with zero attached hydrogens (tertiary/aromatic N) is 4. The number of hydrogen-bond donors (Lipinski definition) is 0. The fourth-order valence-electron chi connectivity index (χ4n) is 1.96. The van der Waals surface area contributed by atoms with E-state index in [1.807, 2.05) is 37.5 Å². The lowest BCUT2D eigenvalue weighted by Gasteiger charge is -2.05. The molecule has 0 atom stereocenters. The molecule has 99 valence electrons. The van der Waals surface area contributed by atoms with E-state index in [2.05, 4.69) is 16.3 Å². The van der Waals surface area contributed by atoms with Crippen LogP contribution in [0.1, 0.15) is 11.3 Å². The minimum atomic E-state index is -0.0672. The van der Waals surface area contributed by atoms with Crippen molar-refractivity contribution in [1.29, 1.82) is 0 Å². The predicted octanol–water partition coefficient (Wildman–Crippen LogP) is 1.36. The molecular weight excluding hydrogens is 252 g/mol. The van der Waals surface area contributed by atoms with Crippen LogP contribution >= 0.6 is 0 Å². The van der Waals surface area contributed by atoms with Gasteiger partial charge < -0.3 is 0 Å². The quantitative estimate of drug-likeness (QED) is 0.718. The Labute approximate surface area is 116 Å². The third-order valence-electron chi connectivity index (χ3n) is 2.97. The van der Waals surface area contributed by atoms with Crippen LogP contribution < -0.4 is 5.43 Å². The second-order valence-electron chi connectivity index (χ2n) is 4.51. The number of benzene rings is 1. The molecule has 0 fully saturated rings. The molecule has 0 aliphatic heterocycles. The van der Waals surface area contributed by atoms with E-state index in [9.17, 15) is 4.79 Å². The van der Waals surface area contributed by atoms with Gasteiger partial charge in [0.05, 0.1) is 12.4 Å². The molecule has 2 heterocycles. The van der Waals surface area contributed by atoms with Gasteiger partial charge in [0, 0.05) is 25.7 Å². The number of aryl methyl sites for hydroxylation is 1. The van der Waals surface area contributed by atoms with Crippen LogP contribution in [0.25, 0.3) is 5.69 Å². The Hall–Kier alpha value is -2.69. The lowest BCUT2D eigenvalue weighted by Crippen LogP contribution is -2.16. The van der Waals surface area contributed by atoms with Crippen LogP contribution in [0, 0.1) is 6.07 Å². The highest BCUT2D eigenvalue weighted by Gasteiger charge is 2.06. The summed E-state index contributed by atoms with van der Waals surface area (Å²) < 4.78 is 3.35. The Bertz CT molecular complexity index is 774. The summed E-state index contributed by atoms with van der Waals surface area (Å²) in [5, 5.41) is 8.48. The smallest absolute Gasteiger partial charge is 0.203 e. The van der Waals surface area contributed by atoms with Gasteiger partial charge >= 0.3 is 0 Å². The summed E-state index contributed by atoms with van der Waals surface area (Å²) in [7, 11) is 1.84. The summed E-state index contributed by atoms with van der Waals surface area (Å²) in [6.45, 7) is 0. The largest absolute Gasteiger partial charge is 0.288 e. The molecule has 5 nitrogen and oxygen atoms in total. The highest BCUT2D eigenvalue weighted by Crippen LogP contribution is 2.06. The summed E-state index contributed by atoms with van der Waals surface area (Å²) in [6, 6.07) is 12.2. The van der Waals surface area contributed by atoms with Crippen LogP contribution in [-0.2, 0) is 13.5 Å². The van der Waals surface area contributed by atoms with Crippen molar-refractivity contribution in [2.45, 2.75) is 6.42 Å². The van der Waals surface area contributed by atoms with Crippen molar-refractivity contribution >= 4 is 0 Å². The van der Waals surface area contributed by atoms with Crippen molar-refractivity contribution < 1.29 is 0 Å². The van der Waals surface area contributed by atoms with Gasteiger partial charge in [0.15, 0.2) is 0 Å². The first-order chi connectivity index (χ1) is 9.72. The van der Waals surface area contributed by atoms with Crippen molar-refractivity contribution in [3.63, 3.8) is 0 Å². The van der Waals surface area contributed by atoms with E-state index in [4.69, 9.17) is 0 Å². The van der Waals surface area contributed by atoms with E-state index >= 15 is 0 Å². The van der Waals surface area contributed by atoms with Gasteiger partial charge in [0.1, 0.15) is 11.4 Å². The minimum absolute atomic E-state index is 0.0672. The van der Waals surface area contributed by atoms with E-state index in [-0.39, 0.29) is 5.43 Å². The molecule has 1 aromatic carbocycles. The van der Waals surface area contributed by atoms with Gasteiger partial charge in [-0.3, -0.25) is 9.48 Å². The summed E-state index contributed by atoms with van der Waals surface area (Å²) in [5.74, 6) is 0. The average molecular weight is 265 g/mol. The predicted molar refractivity (Wildman–Crippen MR) is 74.7 cm³/mol. The van der Waals surface area contributed by atoms with Crippen molar-refractivity contribution in [2.24, 2.45) is 7.05 Å². The zero-order valence-electron chi connectivity index (χ0n) is 11.0. The Morgan fingerprint density at radius 2 is 2.20 bits per heavy atom. The van der Waals surface area contributed by atoms with E-state index in [1.165, 1.54) is 6.07 Å². The number of hydrogen-bond acceptors (Lipinski definition) is 3. The van der Waals surface area contributed by atoms with Crippen LogP contribution in [0.3, 0.4) is 0 Å². The molecule has 0 aliphatic carbocycles. The highest BCUT2D eigenvalue weighted by atomic mass is 16.1. The molecule has 3 aromatic rings. The Morgan fingerprint density at radius 3 is 2.90 bits per heavy atom. The molecule has 0 spiro atoms. The second kappa shape index (κ2) is 5.13. The van der Waals surface area contributed by atoms with Crippen LogP contribution in [0.15, 0.2) is 53.7 Å². The van der Waals surface area contributed by atoms with Crippen LogP contribution in [0.2, 0.25) is 0 Å². The third kappa shape index (κ3) is 2.51. The van der Waals surface area contributed by atoms with Gasteiger partial charge in [-0.15, -0.1) is 0 Å². The molecule has 0 bridgehead atoms. The molecule has 20 heavy (non-hydrogen) atoms. The molecule has 0 N–H and O–H groups in total. The fraction of sp³-hybridized carbons (Fsp3) is 0.133. The van der Waals surface area contributed by atoms with Crippen molar-refractivity contribution in [3.8, 4) is 5.69 Å². The maximum atomic E-state index is 11.9. The highest BCUT2D eigenvalue weighted by molar-refractivity contribution is 5.25. The monoisotopic (exact) mass is 265 g/mol. The van der Waals surface area contributed by atoms with Crippen LogP contribution in [-0.4, -0.2) is 19.6 Å². The lowest BCUT2D eigenvalue weighted by molar-refractivity contribution is 0.762. The van der Waals surface area contributed by atoms with Gasteiger partial charge in [0.25, 0.3) is 0 Å². The van der Waals surface area contributed by atoms with E-state index in [0.717, 1.165) is 11.3 Å². The molecule has 3 rings (SSSR count). The minimum Gasteiger partial charge on any atom is -0.288 e. The van der Waals surface area contributed by atoms with Crippen LogP contribution in [0.4, 0.5) is 0 Å². The summed E-state index contributed by atoms with van der Waals surface area (Å²) in [4.78, 5) is 11.9. The maximum Gasteiger partial charge on any atom is 0.203 e. The molecule has 0 aliphatic rings. The van der Waals surface area contributed by atoms with Gasteiger partial charge in [-0.05, 0) is 11.6 Å². The molecule has 0 saturated carbocycles. The summed E-state index contributed by atoms with van der Waals surface area (Å²) in [6.07, 6.45) is 5.67. The van der Waals surface area contributed by atoms with E-state index in [1.54, 1.807) is 21.8 Å². The zero-order valence-corrected chi connectivity index (χ0v) is 11.0. The summed E-state index contributed by atoms with van der Waals surface area (Å²) >= 11 is 0. The number of rotatable bonds is 3. The third-order valence-corrected chi connectivity index (χ3v) is 2.97. The van der Waals surface area contributed by atoms with Crippen LogP contribution in [0.5, 0.6) is 0 Å². The zero-order chi connectivity index (χ0) is 13.9. The van der Waals surface area contributed by atoms with Gasteiger partial charge in [0.2, 0.25) is 5.43 Å². The molecular formula is C15H13N4O. The number of aromatic nitrogens is 4. The molecule has 1 radical (unpaired) electrons. The van der Waals surface area contributed by atoms with Gasteiger partial charge in [-0.2, -0.15) is 10.2 Å². The SMILES string of the molecule is Cn1cc(-n2ccc(=O)c(Cc3[c]cccc3)n2)cn1. The molecule has 0 amide bonds. The van der Waals surface area contributed by atoms with E-state index < -0.39 is 0 Å². The first-order valence-corrected chi connectivity index (χ1v) is 6.26. The molecule has 0 unspecified atom stereocenters. The maximum absolute atomic E-state index is 11.9. The lowest BCUT2D eigenvalue weighted by atomic mass is 10.1. The second-order valence-corrected chi connectivity index (χ2v) is 4.51. The topological polar surface area (TPSA) is 52.7 Å². The molecule has 2 aromatic heterocycles. The van der Waals surface area contributed by atoms with Gasteiger partial charge in [-0.1, -0.05) is 24.3 Å². The standard InChI is InChI=1S/C15H13N4O/c1-18-11-13(10-16-18)19-8-7-15(20)14(17-19)9-12-5-3-2-4-6-12/h2-5,7-8,10-11H,9H2,1H3. The fourth-order valence-corrected chi connectivity index (χ4v) is 1.96. The Kier molecular flexibility index (Phi) is 3.16. The van der Waals surface area contributed by atoms with Crippen molar-refractivity contribution in [2.75, 3.05) is 0 Å². The molecule has 0 saturated heterocycles. The first kappa shape index (κ1) is 12.3. The Morgan fingerprint density at radius 1 is 1.30 bits per heavy atom. The van der Waals surface area contributed by atoms with Crippen molar-refractivity contribution in [3.05, 3.63) is 76.5 Å². The van der Waals surface area contributed by atoms with Crippen molar-refractivity contribution in [1.82, 2.24) is 19.6 Å². The summed E-state index contributed by atoms with van der Waals surface area (Å²) in [5.41, 5.74) is 2.20. The molecule has 5 heteroatoms. The Balaban J connectivity index is 1.97. The van der Waals surface area contributed by atoms with E-state index in [0.29, 0.717) is 12.1 Å². The normalized spacial score (nSPS) is 10.7. The average Bonchev–Trinajstić information content (AvgIpc) is 2.89.